The zero-order valence-corrected chi connectivity index (χ0v) is 51.2. The fourth-order valence-electron chi connectivity index (χ4n) is 17.0. The molecule has 5 heterocycles. The summed E-state index contributed by atoms with van der Waals surface area (Å²) in [6, 6.07) is 0. The predicted molar refractivity (Wildman–Crippen MR) is 298 cm³/mol. The molecule has 87 heavy (non-hydrogen) atoms. The van der Waals surface area contributed by atoms with Crippen LogP contribution in [0.1, 0.15) is 126 Å². The predicted octanol–water partition coefficient (Wildman–Crippen LogP) is -3.21. The van der Waals surface area contributed by atoms with E-state index in [0.717, 1.165) is 12.0 Å². The van der Waals surface area contributed by atoms with Crippen molar-refractivity contribution in [2.24, 2.45) is 39.4 Å². The van der Waals surface area contributed by atoms with Crippen molar-refractivity contribution in [3.63, 3.8) is 0 Å². The third-order valence-corrected chi connectivity index (χ3v) is 22.5. The van der Waals surface area contributed by atoms with Crippen LogP contribution in [0.2, 0.25) is 0 Å². The molecule has 0 aromatic heterocycles. The third-order valence-electron chi connectivity index (χ3n) is 22.5. The quantitative estimate of drug-likeness (QED) is 0.0534. The van der Waals surface area contributed by atoms with Crippen molar-refractivity contribution >= 4 is 0 Å². The molecule has 0 radical (unpaired) electrons. The average molecular weight is 1260 g/mol. The highest BCUT2D eigenvalue weighted by Crippen LogP contribution is 2.75. The maximum atomic E-state index is 12.9. The molecule has 8 fully saturated rings. The van der Waals surface area contributed by atoms with Gasteiger partial charge in [0, 0.05) is 30.1 Å². The van der Waals surface area contributed by atoms with E-state index in [9.17, 15) is 86.8 Å². The Balaban J connectivity index is 0.886. The molecule has 0 spiro atoms. The Morgan fingerprint density at radius 2 is 1.16 bits per heavy atom. The number of hydrogen-bond donors (Lipinski definition) is 17. The van der Waals surface area contributed by atoms with Crippen molar-refractivity contribution in [2.75, 3.05) is 33.0 Å². The van der Waals surface area contributed by atoms with Crippen LogP contribution in [0.3, 0.4) is 0 Å². The van der Waals surface area contributed by atoms with Gasteiger partial charge in [0.05, 0.1) is 87.0 Å². The van der Waals surface area contributed by atoms with E-state index >= 15 is 0 Å². The number of allylic oxidation sites excluding steroid dienone is 1. The number of rotatable bonds is 20. The lowest BCUT2D eigenvalue weighted by atomic mass is 9.38. The van der Waals surface area contributed by atoms with Gasteiger partial charge in [-0.2, -0.15) is 0 Å². The van der Waals surface area contributed by atoms with Crippen LogP contribution >= 0.6 is 0 Å². The number of aliphatic hydroxyl groups excluding tert-OH is 15. The van der Waals surface area contributed by atoms with Crippen LogP contribution in [0.5, 0.6) is 0 Å². The first-order chi connectivity index (χ1) is 40.7. The normalized spacial score (nSPS) is 50.5. The maximum Gasteiger partial charge on any atom is 0.187 e. The molecule has 27 heteroatoms. The fourth-order valence-corrected chi connectivity index (χ4v) is 17.0. The Bertz CT molecular complexity index is 2290. The molecule has 0 amide bonds. The van der Waals surface area contributed by atoms with Crippen molar-refractivity contribution in [3.8, 4) is 0 Å². The molecule has 0 unspecified atom stereocenters. The van der Waals surface area contributed by atoms with Crippen molar-refractivity contribution in [1.82, 2.24) is 0 Å². The van der Waals surface area contributed by atoms with Gasteiger partial charge in [0.1, 0.15) is 79.4 Å². The van der Waals surface area contributed by atoms with Crippen LogP contribution in [-0.4, -0.2) is 285 Å². The van der Waals surface area contributed by atoms with E-state index < -0.39 is 219 Å². The van der Waals surface area contributed by atoms with E-state index in [2.05, 4.69) is 26.8 Å². The van der Waals surface area contributed by atoms with Gasteiger partial charge in [-0.05, 0) is 101 Å². The smallest absolute Gasteiger partial charge is 0.187 e. The number of fused-ring (bicyclic) bond motifs is 5. The molecule has 32 atom stereocenters. The average Bonchev–Trinajstić information content (AvgIpc) is 1.70. The third kappa shape index (κ3) is 13.3. The molecule has 3 saturated carbocycles. The molecule has 9 aliphatic rings. The molecule has 5 saturated heterocycles. The lowest BCUT2D eigenvalue weighted by Crippen LogP contribution is -2.66. The summed E-state index contributed by atoms with van der Waals surface area (Å²) in [5.41, 5.74) is -4.35. The summed E-state index contributed by atoms with van der Waals surface area (Å²) in [5.74, 6) is -0.518. The van der Waals surface area contributed by atoms with Gasteiger partial charge in [0.2, 0.25) is 0 Å². The van der Waals surface area contributed by atoms with E-state index in [4.69, 9.17) is 47.4 Å². The lowest BCUT2D eigenvalue weighted by molar-refractivity contribution is -0.364. The van der Waals surface area contributed by atoms with Crippen LogP contribution in [-0.2, 0) is 47.4 Å². The highest BCUT2D eigenvalue weighted by Gasteiger charge is 2.72. The topological polar surface area (TPSA) is 436 Å². The molecule has 27 nitrogen and oxygen atoms in total. The van der Waals surface area contributed by atoms with E-state index in [1.165, 1.54) is 13.8 Å². The molecule has 4 aliphatic carbocycles. The fraction of sp³-hybridized carbons (Fsp3) is 0.967. The zero-order chi connectivity index (χ0) is 63.8. The van der Waals surface area contributed by atoms with Gasteiger partial charge in [-0.25, -0.2) is 0 Å². The number of hydrogen-bond acceptors (Lipinski definition) is 27. The summed E-state index contributed by atoms with van der Waals surface area (Å²) in [4.78, 5) is 0. The molecule has 504 valence electrons. The second-order valence-electron chi connectivity index (χ2n) is 28.7. The minimum Gasteiger partial charge on any atom is -0.394 e. The summed E-state index contributed by atoms with van der Waals surface area (Å²) in [7, 11) is 0. The highest BCUT2D eigenvalue weighted by atomic mass is 16.8. The zero-order valence-electron chi connectivity index (χ0n) is 51.2. The SMILES string of the molecule is CC(C)(O)[C@@H](CC[C@](C)(O)[C@H]1CC[C@@]2(C)[C@@H]3CC=C4[C@@H](CC[C@H](O[C@@H]5O[C@H](CO[C@@H]6O[C@H](CO)[C@@H](O)[C@H](O)[C@H]6O)[C@@H](O)[C@H](O)[C@H]5O)C4(C)C)[C@]3(C)[C@H](O)C[C@]12C)O[C@@H]1O[C@H](CO[C@@H]2O[C@H](CO)C[C@H](O)[C@H]2O)[C@@H](O)[C@H](O)[C@H]1O[C@H]1C[C@@H](O)C[C@@H](CO)O1. The molecular weight excluding hydrogens is 1150 g/mol. The largest absolute Gasteiger partial charge is 0.394 e. The van der Waals surface area contributed by atoms with Crippen molar-refractivity contribution in [3.05, 3.63) is 11.6 Å². The van der Waals surface area contributed by atoms with Crippen LogP contribution in [0.15, 0.2) is 11.6 Å². The second kappa shape index (κ2) is 26.8. The monoisotopic (exact) mass is 1250 g/mol. The molecule has 0 aromatic carbocycles. The first-order valence-electron chi connectivity index (χ1n) is 31.3. The van der Waals surface area contributed by atoms with Crippen molar-refractivity contribution in [1.29, 1.82) is 0 Å². The Morgan fingerprint density at radius 1 is 0.586 bits per heavy atom. The minimum atomic E-state index is -1.78. The first kappa shape index (κ1) is 70.0. The van der Waals surface area contributed by atoms with Crippen molar-refractivity contribution < 1.29 is 134 Å². The minimum absolute atomic E-state index is 0.0230. The van der Waals surface area contributed by atoms with Gasteiger partial charge in [0.15, 0.2) is 31.5 Å². The van der Waals surface area contributed by atoms with E-state index in [1.54, 1.807) is 6.92 Å². The molecule has 0 aromatic rings. The number of aliphatic hydroxyl groups is 17. The maximum absolute atomic E-state index is 12.9. The van der Waals surface area contributed by atoms with Gasteiger partial charge in [-0.1, -0.05) is 46.3 Å². The Hall–Kier alpha value is -1.34. The van der Waals surface area contributed by atoms with Gasteiger partial charge < -0.3 is 134 Å². The van der Waals surface area contributed by atoms with Crippen molar-refractivity contribution in [2.45, 2.75) is 291 Å². The van der Waals surface area contributed by atoms with E-state index in [1.807, 2.05) is 13.8 Å². The highest BCUT2D eigenvalue weighted by molar-refractivity contribution is 5.32. The molecular formula is C60H102O27. The summed E-state index contributed by atoms with van der Waals surface area (Å²) in [5, 5.41) is 186. The summed E-state index contributed by atoms with van der Waals surface area (Å²) >= 11 is 0. The van der Waals surface area contributed by atoms with Crippen LogP contribution in [0.25, 0.3) is 0 Å². The summed E-state index contributed by atoms with van der Waals surface area (Å²) < 4.78 is 60.1. The standard InChI is InChI=1S/C60H102O27/c1-55(2)29-9-11-36-57(5)15-13-35(58(57,6)20-37(66)60(36,8)30(29)10-12-38(55)85-53-49(75)46(72)43(69)33(83-53)24-79-52-48(74)45(71)42(68)32(23-63)82-52)59(7,77)16-14-39(56(3,4)76)86-54-50(87-40-18-26(64)17-27(21-61)80-40)47(73)44(70)34(84-54)25-78-51-41(67)31(65)19-28(22-62)81-51/h9,26-28,30-54,61-77H,10-25H2,1-8H3/t26-,27-,28-,30+,31-,32+,33+,34+,35-,36-,37+,38-,39+,40-,41+,42+,43+,44+,45-,46-,47-,48+,49+,50+,51+,52+,53-,54-,57-,58+,59-,60-/m0/s1. The molecule has 9 rings (SSSR count). The molecule has 0 bridgehead atoms. The second-order valence-corrected chi connectivity index (χ2v) is 28.7. The van der Waals surface area contributed by atoms with Crippen LogP contribution in [0.4, 0.5) is 0 Å². The molecule has 5 aliphatic heterocycles. The van der Waals surface area contributed by atoms with E-state index in [-0.39, 0.29) is 49.9 Å². The van der Waals surface area contributed by atoms with Crippen LogP contribution in [0, 0.1) is 39.4 Å². The lowest BCUT2D eigenvalue weighted by Gasteiger charge is -2.68. The summed E-state index contributed by atoms with van der Waals surface area (Å²) in [6.45, 7) is 12.8. The number of ether oxygens (including phenoxy) is 10. The van der Waals surface area contributed by atoms with Gasteiger partial charge >= 0.3 is 0 Å². The Labute approximate surface area is 507 Å². The Morgan fingerprint density at radius 3 is 1.78 bits per heavy atom. The Kier molecular flexibility index (Phi) is 21.6. The summed E-state index contributed by atoms with van der Waals surface area (Å²) in [6.07, 6.45) is -28.7. The first-order valence-corrected chi connectivity index (χ1v) is 31.3. The van der Waals surface area contributed by atoms with Gasteiger partial charge in [-0.15, -0.1) is 0 Å². The van der Waals surface area contributed by atoms with Gasteiger partial charge in [-0.3, -0.25) is 0 Å². The molecule has 17 N–H and O–H groups in total. The van der Waals surface area contributed by atoms with Gasteiger partial charge in [0.25, 0.3) is 0 Å². The van der Waals surface area contributed by atoms with Crippen LogP contribution < -0.4 is 0 Å². The van der Waals surface area contributed by atoms with E-state index in [0.29, 0.717) is 32.1 Å².